The van der Waals surface area contributed by atoms with Crippen molar-refractivity contribution in [1.29, 1.82) is 0 Å². The molecule has 0 radical (unpaired) electrons. The van der Waals surface area contributed by atoms with Crippen LogP contribution in [0.15, 0.2) is 0 Å². The van der Waals surface area contributed by atoms with Crippen molar-refractivity contribution in [2.24, 2.45) is 5.92 Å². The van der Waals surface area contributed by atoms with Gasteiger partial charge in [-0.2, -0.15) is 0 Å². The molecule has 0 bridgehead atoms. The highest BCUT2D eigenvalue weighted by molar-refractivity contribution is 5.75. The number of carbonyl (C=O) groups excluding carboxylic acids is 4. The lowest BCUT2D eigenvalue weighted by Crippen LogP contribution is -2.42. The second-order valence-corrected chi connectivity index (χ2v) is 4.69. The van der Waals surface area contributed by atoms with Crippen LogP contribution in [0.25, 0.3) is 0 Å². The number of methoxy groups -OCH3 is 1. The molecule has 7 nitrogen and oxygen atoms in total. The highest BCUT2D eigenvalue weighted by atomic mass is 16.6. The molecule has 0 heterocycles. The van der Waals surface area contributed by atoms with Crippen LogP contribution in [0.3, 0.4) is 0 Å². The Bertz CT molecular complexity index is 390. The third-order valence-corrected chi connectivity index (χ3v) is 2.68. The monoisotopic (exact) mass is 288 g/mol. The SMILES string of the molecule is COC(=O)[C@@H](C)[C@H](C[C@@](C)(C=O)OC(C)=O)OC(C)=O. The maximum absolute atomic E-state index is 11.5. The van der Waals surface area contributed by atoms with Crippen LogP contribution in [-0.4, -0.2) is 43.0 Å². The summed E-state index contributed by atoms with van der Waals surface area (Å²) in [5.41, 5.74) is -1.48. The molecular formula is C13H20O7. The number of ether oxygens (including phenoxy) is 3. The van der Waals surface area contributed by atoms with Crippen LogP contribution < -0.4 is 0 Å². The topological polar surface area (TPSA) is 96.0 Å². The zero-order chi connectivity index (χ0) is 15.9. The van der Waals surface area contributed by atoms with Crippen LogP contribution >= 0.6 is 0 Å². The van der Waals surface area contributed by atoms with Crippen molar-refractivity contribution in [3.05, 3.63) is 0 Å². The standard InChI is InChI=1S/C13H20O7/c1-8(12(17)18-5)11(19-9(2)15)6-13(4,7-14)20-10(3)16/h7-8,11H,6H2,1-5H3/t8-,11-,13-/m0/s1. The molecule has 0 aliphatic carbocycles. The molecule has 0 spiro atoms. The molecule has 20 heavy (non-hydrogen) atoms. The molecule has 3 atom stereocenters. The summed E-state index contributed by atoms with van der Waals surface area (Å²) in [6.07, 6.45) is -0.629. The van der Waals surface area contributed by atoms with Crippen molar-refractivity contribution in [3.63, 3.8) is 0 Å². The van der Waals surface area contributed by atoms with E-state index < -0.39 is 35.5 Å². The van der Waals surface area contributed by atoms with Gasteiger partial charge >= 0.3 is 17.9 Å². The summed E-state index contributed by atoms with van der Waals surface area (Å²) in [6, 6.07) is 0. The van der Waals surface area contributed by atoms with E-state index in [1.54, 1.807) is 0 Å². The highest BCUT2D eigenvalue weighted by Gasteiger charge is 2.37. The van der Waals surface area contributed by atoms with Crippen molar-refractivity contribution >= 4 is 24.2 Å². The van der Waals surface area contributed by atoms with Gasteiger partial charge in [-0.15, -0.1) is 0 Å². The maximum atomic E-state index is 11.5. The minimum atomic E-state index is -1.48. The second kappa shape index (κ2) is 7.62. The fraction of sp³-hybridized carbons (Fsp3) is 0.692. The molecule has 0 aliphatic rings. The Morgan fingerprint density at radius 2 is 1.75 bits per heavy atom. The summed E-state index contributed by atoms with van der Waals surface area (Å²) >= 11 is 0. The Balaban J connectivity index is 5.12. The van der Waals surface area contributed by atoms with Gasteiger partial charge in [-0.3, -0.25) is 19.2 Å². The van der Waals surface area contributed by atoms with Gasteiger partial charge in [-0.05, 0) is 13.8 Å². The van der Waals surface area contributed by atoms with E-state index in [1.165, 1.54) is 27.9 Å². The lowest BCUT2D eigenvalue weighted by molar-refractivity contribution is -0.170. The van der Waals surface area contributed by atoms with Gasteiger partial charge < -0.3 is 14.2 Å². The van der Waals surface area contributed by atoms with E-state index in [2.05, 4.69) is 4.74 Å². The summed E-state index contributed by atoms with van der Waals surface area (Å²) in [5.74, 6) is -2.64. The zero-order valence-electron chi connectivity index (χ0n) is 12.3. The van der Waals surface area contributed by atoms with Crippen molar-refractivity contribution < 1.29 is 33.4 Å². The number of rotatable bonds is 7. The molecule has 0 unspecified atom stereocenters. The molecule has 0 fully saturated rings. The first-order valence-electron chi connectivity index (χ1n) is 6.06. The van der Waals surface area contributed by atoms with E-state index in [1.807, 2.05) is 0 Å². The number of carbonyl (C=O) groups is 4. The number of esters is 3. The van der Waals surface area contributed by atoms with Gasteiger partial charge in [-0.25, -0.2) is 0 Å². The molecule has 0 rings (SSSR count). The Morgan fingerprint density at radius 1 is 1.20 bits per heavy atom. The molecule has 0 amide bonds. The van der Waals surface area contributed by atoms with Crippen LogP contribution in [0.4, 0.5) is 0 Å². The summed E-state index contributed by atoms with van der Waals surface area (Å²) < 4.78 is 14.5. The van der Waals surface area contributed by atoms with Crippen LogP contribution in [0.1, 0.15) is 34.1 Å². The lowest BCUT2D eigenvalue weighted by Gasteiger charge is -2.29. The van der Waals surface area contributed by atoms with Crippen LogP contribution in [0.2, 0.25) is 0 Å². The molecule has 0 aromatic heterocycles. The van der Waals surface area contributed by atoms with E-state index >= 15 is 0 Å². The fourth-order valence-corrected chi connectivity index (χ4v) is 1.71. The molecule has 0 N–H and O–H groups in total. The van der Waals surface area contributed by atoms with Crippen LogP contribution in [-0.2, 0) is 33.4 Å². The zero-order valence-corrected chi connectivity index (χ0v) is 12.3. The minimum Gasteiger partial charge on any atom is -0.469 e. The maximum Gasteiger partial charge on any atom is 0.312 e. The molecule has 0 aliphatic heterocycles. The van der Waals surface area contributed by atoms with Gasteiger partial charge in [0.1, 0.15) is 6.10 Å². The third kappa shape index (κ3) is 5.81. The molecular weight excluding hydrogens is 268 g/mol. The van der Waals surface area contributed by atoms with Gasteiger partial charge in [0, 0.05) is 20.3 Å². The Morgan fingerprint density at radius 3 is 2.10 bits per heavy atom. The molecule has 0 saturated carbocycles. The van der Waals surface area contributed by atoms with E-state index in [-0.39, 0.29) is 6.42 Å². The van der Waals surface area contributed by atoms with Gasteiger partial charge in [0.2, 0.25) is 0 Å². The summed E-state index contributed by atoms with van der Waals surface area (Å²) in [4.78, 5) is 44.7. The van der Waals surface area contributed by atoms with Gasteiger partial charge in [-0.1, -0.05) is 0 Å². The predicted molar refractivity (Wildman–Crippen MR) is 67.6 cm³/mol. The van der Waals surface area contributed by atoms with Gasteiger partial charge in [0.05, 0.1) is 13.0 Å². The summed E-state index contributed by atoms with van der Waals surface area (Å²) in [5, 5.41) is 0. The van der Waals surface area contributed by atoms with Crippen LogP contribution in [0.5, 0.6) is 0 Å². The average Bonchev–Trinajstić information content (AvgIpc) is 2.34. The van der Waals surface area contributed by atoms with E-state index in [4.69, 9.17) is 9.47 Å². The second-order valence-electron chi connectivity index (χ2n) is 4.69. The minimum absolute atomic E-state index is 0.133. The molecule has 0 saturated heterocycles. The Labute approximate surface area is 117 Å². The number of hydrogen-bond acceptors (Lipinski definition) is 7. The van der Waals surface area contributed by atoms with Crippen molar-refractivity contribution in [1.82, 2.24) is 0 Å². The molecule has 0 aromatic rings. The first kappa shape index (κ1) is 18.1. The number of hydrogen-bond donors (Lipinski definition) is 0. The van der Waals surface area contributed by atoms with Gasteiger partial charge in [0.15, 0.2) is 11.9 Å². The third-order valence-electron chi connectivity index (χ3n) is 2.68. The first-order valence-corrected chi connectivity index (χ1v) is 6.06. The van der Waals surface area contributed by atoms with E-state index in [0.717, 1.165) is 6.92 Å². The largest absolute Gasteiger partial charge is 0.469 e. The fourth-order valence-electron chi connectivity index (χ4n) is 1.71. The van der Waals surface area contributed by atoms with Crippen molar-refractivity contribution in [3.8, 4) is 0 Å². The average molecular weight is 288 g/mol. The van der Waals surface area contributed by atoms with E-state index in [0.29, 0.717) is 6.29 Å². The molecule has 114 valence electrons. The Kier molecular flexibility index (Phi) is 6.89. The first-order chi connectivity index (χ1) is 9.15. The number of aldehydes is 1. The molecule has 0 aromatic carbocycles. The summed E-state index contributed by atoms with van der Waals surface area (Å²) in [7, 11) is 1.20. The smallest absolute Gasteiger partial charge is 0.312 e. The van der Waals surface area contributed by atoms with Crippen molar-refractivity contribution in [2.75, 3.05) is 7.11 Å². The Hall–Kier alpha value is -1.92. The lowest BCUT2D eigenvalue weighted by atomic mass is 9.92. The van der Waals surface area contributed by atoms with E-state index in [9.17, 15) is 19.2 Å². The van der Waals surface area contributed by atoms with Gasteiger partial charge in [0.25, 0.3) is 0 Å². The molecule has 7 heteroatoms. The predicted octanol–water partition coefficient (Wildman–Crippen LogP) is 0.638. The normalized spacial score (nSPS) is 16.2. The van der Waals surface area contributed by atoms with Crippen molar-refractivity contribution in [2.45, 2.75) is 45.8 Å². The van der Waals surface area contributed by atoms with Crippen LogP contribution in [0, 0.1) is 5.92 Å². The highest BCUT2D eigenvalue weighted by Crippen LogP contribution is 2.23. The summed E-state index contributed by atoms with van der Waals surface area (Å²) in [6.45, 7) is 5.22. The quantitative estimate of drug-likeness (QED) is 0.385.